The number of nitrogens with one attached hydrogen (secondary N) is 2. The molecule has 0 atom stereocenters. The van der Waals surface area contributed by atoms with Gasteiger partial charge in [0.2, 0.25) is 5.95 Å². The number of hydrogen-bond donors (Lipinski definition) is 2. The van der Waals surface area contributed by atoms with Crippen molar-refractivity contribution < 1.29 is 0 Å². The predicted octanol–water partition coefficient (Wildman–Crippen LogP) is 4.38. The minimum atomic E-state index is -0.506. The number of H-pyrrole nitrogens is 1. The molecule has 164 valence electrons. The number of benzene rings is 2. The SMILES string of the molecule is CCCN(CCC)Cc1cccc(C=NNc2nc(-c3ccccc3)c(C#N)c(=O)[nH]2)c1. The number of hydrogen-bond acceptors (Lipinski definition) is 6. The molecule has 7 nitrogen and oxygen atoms in total. The van der Waals surface area contributed by atoms with Crippen molar-refractivity contribution in [2.75, 3.05) is 18.5 Å². The summed E-state index contributed by atoms with van der Waals surface area (Å²) in [5.74, 6) is 0.178. The van der Waals surface area contributed by atoms with E-state index in [2.05, 4.69) is 51.4 Å². The molecule has 2 aromatic carbocycles. The van der Waals surface area contributed by atoms with Crippen LogP contribution in [0.1, 0.15) is 43.4 Å². The van der Waals surface area contributed by atoms with Gasteiger partial charge in [0.1, 0.15) is 11.6 Å². The molecule has 0 aliphatic rings. The van der Waals surface area contributed by atoms with Crippen molar-refractivity contribution in [2.24, 2.45) is 5.10 Å². The molecular formula is C25H28N6O. The van der Waals surface area contributed by atoms with Crippen LogP contribution in [0.5, 0.6) is 0 Å². The van der Waals surface area contributed by atoms with Crippen LogP contribution in [-0.4, -0.2) is 34.2 Å². The smallest absolute Gasteiger partial charge is 0.270 e. The Balaban J connectivity index is 1.76. The lowest BCUT2D eigenvalue weighted by Crippen LogP contribution is -2.24. The number of hydrazone groups is 1. The molecule has 0 radical (unpaired) electrons. The van der Waals surface area contributed by atoms with Crippen LogP contribution < -0.4 is 11.0 Å². The number of nitriles is 1. The molecule has 0 spiro atoms. The van der Waals surface area contributed by atoms with Crippen molar-refractivity contribution >= 4 is 12.2 Å². The zero-order valence-electron chi connectivity index (χ0n) is 18.5. The summed E-state index contributed by atoms with van der Waals surface area (Å²) in [6.45, 7) is 7.45. The van der Waals surface area contributed by atoms with Crippen molar-refractivity contribution in [1.82, 2.24) is 14.9 Å². The van der Waals surface area contributed by atoms with Crippen LogP contribution in [0, 0.1) is 11.3 Å². The first-order chi connectivity index (χ1) is 15.6. The summed E-state index contributed by atoms with van der Waals surface area (Å²) in [5, 5.41) is 13.6. The average molecular weight is 429 g/mol. The second-order valence-corrected chi connectivity index (χ2v) is 7.51. The van der Waals surface area contributed by atoms with E-state index in [1.165, 1.54) is 5.56 Å². The van der Waals surface area contributed by atoms with E-state index in [0.717, 1.165) is 38.0 Å². The third kappa shape index (κ3) is 6.13. The summed E-state index contributed by atoms with van der Waals surface area (Å²) in [5.41, 5.74) is 5.44. The monoisotopic (exact) mass is 428 g/mol. The van der Waals surface area contributed by atoms with Gasteiger partial charge in [-0.15, -0.1) is 0 Å². The second kappa shape index (κ2) is 11.6. The first-order valence-corrected chi connectivity index (χ1v) is 10.8. The van der Waals surface area contributed by atoms with E-state index < -0.39 is 5.56 Å². The van der Waals surface area contributed by atoms with Gasteiger partial charge >= 0.3 is 0 Å². The van der Waals surface area contributed by atoms with Gasteiger partial charge in [0.25, 0.3) is 5.56 Å². The summed E-state index contributed by atoms with van der Waals surface area (Å²) >= 11 is 0. The predicted molar refractivity (Wildman–Crippen MR) is 129 cm³/mol. The molecular weight excluding hydrogens is 400 g/mol. The Morgan fingerprint density at radius 1 is 1.12 bits per heavy atom. The quantitative estimate of drug-likeness (QED) is 0.369. The van der Waals surface area contributed by atoms with E-state index in [0.29, 0.717) is 11.3 Å². The Morgan fingerprint density at radius 2 is 1.88 bits per heavy atom. The summed E-state index contributed by atoms with van der Waals surface area (Å²) in [7, 11) is 0. The standard InChI is InChI=1S/C25H28N6O/c1-3-13-31(14-4-2)18-20-10-8-9-19(15-20)17-27-30-25-28-23(21-11-6-5-7-12-21)22(16-26)24(32)29-25/h5-12,15,17H,3-4,13-14,18H2,1-2H3,(H2,28,29,30,32). The lowest BCUT2D eigenvalue weighted by molar-refractivity contribution is 0.266. The molecule has 0 bridgehead atoms. The molecule has 7 heteroatoms. The molecule has 0 amide bonds. The third-order valence-electron chi connectivity index (χ3n) is 4.90. The lowest BCUT2D eigenvalue weighted by Gasteiger charge is -2.21. The topological polar surface area (TPSA) is 97.2 Å². The summed E-state index contributed by atoms with van der Waals surface area (Å²) < 4.78 is 0. The zero-order valence-corrected chi connectivity index (χ0v) is 18.5. The maximum Gasteiger partial charge on any atom is 0.270 e. The van der Waals surface area contributed by atoms with Crippen molar-refractivity contribution in [3.63, 3.8) is 0 Å². The molecule has 0 aliphatic heterocycles. The van der Waals surface area contributed by atoms with Crippen molar-refractivity contribution in [1.29, 1.82) is 5.26 Å². The Morgan fingerprint density at radius 3 is 2.56 bits per heavy atom. The van der Waals surface area contributed by atoms with E-state index in [1.807, 2.05) is 48.5 Å². The summed E-state index contributed by atoms with van der Waals surface area (Å²) in [4.78, 5) is 21.7. The van der Waals surface area contributed by atoms with Gasteiger partial charge in [-0.2, -0.15) is 10.4 Å². The summed E-state index contributed by atoms with van der Waals surface area (Å²) in [6, 6.07) is 19.3. The number of anilines is 1. The van der Waals surface area contributed by atoms with Crippen molar-refractivity contribution in [2.45, 2.75) is 33.2 Å². The van der Waals surface area contributed by atoms with Crippen LogP contribution in [-0.2, 0) is 6.54 Å². The van der Waals surface area contributed by atoms with Gasteiger partial charge in [-0.05, 0) is 43.1 Å². The van der Waals surface area contributed by atoms with E-state index in [4.69, 9.17) is 0 Å². The maximum absolute atomic E-state index is 12.3. The number of nitrogens with zero attached hydrogens (tertiary/aromatic N) is 4. The number of rotatable bonds is 10. The Bertz CT molecular complexity index is 1140. The summed E-state index contributed by atoms with van der Waals surface area (Å²) in [6.07, 6.45) is 3.95. The van der Waals surface area contributed by atoms with E-state index >= 15 is 0 Å². The van der Waals surface area contributed by atoms with Crippen LogP contribution >= 0.6 is 0 Å². The molecule has 3 rings (SSSR count). The highest BCUT2D eigenvalue weighted by Gasteiger charge is 2.12. The fourth-order valence-electron chi connectivity index (χ4n) is 3.54. The molecule has 32 heavy (non-hydrogen) atoms. The molecule has 1 heterocycles. The second-order valence-electron chi connectivity index (χ2n) is 7.51. The lowest BCUT2D eigenvalue weighted by atomic mass is 10.1. The molecule has 0 saturated heterocycles. The van der Waals surface area contributed by atoms with Gasteiger partial charge in [-0.1, -0.05) is 62.4 Å². The molecule has 2 N–H and O–H groups in total. The van der Waals surface area contributed by atoms with E-state index in [9.17, 15) is 10.1 Å². The van der Waals surface area contributed by atoms with Gasteiger partial charge in [-0.25, -0.2) is 10.4 Å². The van der Waals surface area contributed by atoms with Crippen LogP contribution in [0.3, 0.4) is 0 Å². The van der Waals surface area contributed by atoms with Crippen LogP contribution in [0.2, 0.25) is 0 Å². The number of aromatic nitrogens is 2. The van der Waals surface area contributed by atoms with E-state index in [-0.39, 0.29) is 11.5 Å². The minimum absolute atomic E-state index is 0.0258. The molecule has 1 aromatic heterocycles. The van der Waals surface area contributed by atoms with Crippen LogP contribution in [0.15, 0.2) is 64.5 Å². The fourth-order valence-corrected chi connectivity index (χ4v) is 3.54. The maximum atomic E-state index is 12.3. The third-order valence-corrected chi connectivity index (χ3v) is 4.90. The fraction of sp³-hybridized carbons (Fsp3) is 0.280. The van der Waals surface area contributed by atoms with Gasteiger partial charge in [0.05, 0.1) is 11.9 Å². The Hall–Kier alpha value is -3.76. The highest BCUT2D eigenvalue weighted by atomic mass is 16.1. The van der Waals surface area contributed by atoms with Gasteiger partial charge in [-0.3, -0.25) is 14.7 Å². The van der Waals surface area contributed by atoms with Gasteiger partial charge in [0.15, 0.2) is 0 Å². The van der Waals surface area contributed by atoms with Crippen molar-refractivity contribution in [3.8, 4) is 17.3 Å². The normalized spacial score (nSPS) is 11.1. The minimum Gasteiger partial charge on any atom is -0.299 e. The molecule has 3 aromatic rings. The zero-order chi connectivity index (χ0) is 22.8. The van der Waals surface area contributed by atoms with Gasteiger partial charge in [0, 0.05) is 12.1 Å². The Kier molecular flexibility index (Phi) is 8.29. The van der Waals surface area contributed by atoms with Crippen LogP contribution in [0.4, 0.5) is 5.95 Å². The molecule has 0 saturated carbocycles. The first-order valence-electron chi connectivity index (χ1n) is 10.8. The highest BCUT2D eigenvalue weighted by molar-refractivity contribution is 5.80. The molecule has 0 unspecified atom stereocenters. The van der Waals surface area contributed by atoms with Crippen LogP contribution in [0.25, 0.3) is 11.3 Å². The largest absolute Gasteiger partial charge is 0.299 e. The first kappa shape index (κ1) is 22.9. The van der Waals surface area contributed by atoms with Gasteiger partial charge < -0.3 is 0 Å². The highest BCUT2D eigenvalue weighted by Crippen LogP contribution is 2.19. The van der Waals surface area contributed by atoms with E-state index in [1.54, 1.807) is 6.21 Å². The van der Waals surface area contributed by atoms with Crippen molar-refractivity contribution in [3.05, 3.63) is 81.6 Å². The Labute approximate surface area is 188 Å². The molecule has 0 fully saturated rings. The number of aromatic amines is 1. The molecule has 0 aliphatic carbocycles. The average Bonchev–Trinajstić information content (AvgIpc) is 2.80.